The van der Waals surface area contributed by atoms with Gasteiger partial charge < -0.3 is 4.74 Å². The van der Waals surface area contributed by atoms with E-state index in [1.165, 1.54) is 0 Å². The average molecular weight is 338 g/mol. The molecule has 86 valence electrons. The van der Waals surface area contributed by atoms with Crippen molar-refractivity contribution < 1.29 is 9.53 Å². The second-order valence-corrected chi connectivity index (χ2v) is 4.71. The maximum atomic E-state index is 12.2. The van der Waals surface area contributed by atoms with Crippen LogP contribution >= 0.6 is 22.6 Å². The van der Waals surface area contributed by atoms with E-state index in [-0.39, 0.29) is 5.78 Å². The van der Waals surface area contributed by atoms with Crippen LogP contribution in [-0.2, 0) is 0 Å². The molecule has 2 nitrogen and oxygen atoms in total. The zero-order valence-electron chi connectivity index (χ0n) is 9.31. The number of halogens is 1. The van der Waals surface area contributed by atoms with Crippen molar-refractivity contribution in [3.05, 3.63) is 63.2 Å². The van der Waals surface area contributed by atoms with Gasteiger partial charge in [-0.2, -0.15) is 0 Å². The molecular formula is C14H11IO2. The maximum Gasteiger partial charge on any atom is 0.193 e. The molecule has 0 fully saturated rings. The van der Waals surface area contributed by atoms with Crippen molar-refractivity contribution >= 4 is 28.4 Å². The van der Waals surface area contributed by atoms with Gasteiger partial charge in [0.15, 0.2) is 5.78 Å². The van der Waals surface area contributed by atoms with Crippen molar-refractivity contribution in [3.8, 4) is 5.75 Å². The molecule has 0 atom stereocenters. The Balaban J connectivity index is 2.35. The van der Waals surface area contributed by atoms with Gasteiger partial charge in [-0.3, -0.25) is 4.79 Å². The molecule has 0 aliphatic carbocycles. The number of hydrogen-bond acceptors (Lipinski definition) is 2. The number of benzene rings is 2. The molecule has 0 aliphatic rings. The zero-order valence-corrected chi connectivity index (χ0v) is 11.5. The molecule has 0 radical (unpaired) electrons. The number of methoxy groups -OCH3 is 1. The lowest BCUT2D eigenvalue weighted by atomic mass is 10.0. The Morgan fingerprint density at radius 2 is 1.76 bits per heavy atom. The van der Waals surface area contributed by atoms with E-state index in [4.69, 9.17) is 4.74 Å². The Kier molecular flexibility index (Phi) is 3.78. The number of rotatable bonds is 3. The molecule has 2 aromatic rings. The molecule has 0 amide bonds. The summed E-state index contributed by atoms with van der Waals surface area (Å²) in [7, 11) is 1.62. The number of carbonyl (C=O) groups is 1. The van der Waals surface area contributed by atoms with Gasteiger partial charge in [0.2, 0.25) is 0 Å². The van der Waals surface area contributed by atoms with Crippen LogP contribution in [0.5, 0.6) is 5.75 Å². The quantitative estimate of drug-likeness (QED) is 0.632. The molecule has 2 aromatic carbocycles. The van der Waals surface area contributed by atoms with Crippen molar-refractivity contribution in [2.75, 3.05) is 7.11 Å². The normalized spacial score (nSPS) is 10.0. The van der Waals surface area contributed by atoms with Gasteiger partial charge in [0.05, 0.1) is 10.7 Å². The Morgan fingerprint density at radius 3 is 2.35 bits per heavy atom. The highest BCUT2D eigenvalue weighted by molar-refractivity contribution is 14.1. The van der Waals surface area contributed by atoms with Crippen LogP contribution in [0.25, 0.3) is 0 Å². The standard InChI is InChI=1S/C14H11IO2/c1-17-13-8-7-11(9-12(13)15)14(16)10-5-3-2-4-6-10/h2-9H,1H3. The van der Waals surface area contributed by atoms with E-state index >= 15 is 0 Å². The Morgan fingerprint density at radius 1 is 1.06 bits per heavy atom. The first-order valence-electron chi connectivity index (χ1n) is 5.15. The number of hydrogen-bond donors (Lipinski definition) is 0. The summed E-state index contributed by atoms with van der Waals surface area (Å²) in [4.78, 5) is 12.2. The van der Waals surface area contributed by atoms with Crippen LogP contribution in [0, 0.1) is 3.57 Å². The third-order valence-corrected chi connectivity index (χ3v) is 3.29. The summed E-state index contributed by atoms with van der Waals surface area (Å²) in [5, 5.41) is 0. The number of carbonyl (C=O) groups excluding carboxylic acids is 1. The highest BCUT2D eigenvalue weighted by Gasteiger charge is 2.10. The number of ether oxygens (including phenoxy) is 1. The SMILES string of the molecule is COc1ccc(C(=O)c2ccccc2)cc1I. The van der Waals surface area contributed by atoms with Crippen LogP contribution in [-0.4, -0.2) is 12.9 Å². The smallest absolute Gasteiger partial charge is 0.193 e. The predicted octanol–water partition coefficient (Wildman–Crippen LogP) is 3.53. The molecular weight excluding hydrogens is 327 g/mol. The molecule has 0 saturated carbocycles. The topological polar surface area (TPSA) is 26.3 Å². The summed E-state index contributed by atoms with van der Waals surface area (Å²) >= 11 is 2.16. The van der Waals surface area contributed by atoms with E-state index in [0.717, 1.165) is 9.32 Å². The van der Waals surface area contributed by atoms with Crippen molar-refractivity contribution in [2.24, 2.45) is 0 Å². The van der Waals surface area contributed by atoms with Gasteiger partial charge in [-0.15, -0.1) is 0 Å². The van der Waals surface area contributed by atoms with Gasteiger partial charge in [0.1, 0.15) is 5.75 Å². The monoisotopic (exact) mass is 338 g/mol. The number of ketones is 1. The second-order valence-electron chi connectivity index (χ2n) is 3.54. The Bertz CT molecular complexity index is 535. The first-order valence-corrected chi connectivity index (χ1v) is 6.23. The molecule has 0 spiro atoms. The largest absolute Gasteiger partial charge is 0.496 e. The van der Waals surface area contributed by atoms with Crippen LogP contribution in [0.2, 0.25) is 0 Å². The lowest BCUT2D eigenvalue weighted by molar-refractivity contribution is 0.103. The first kappa shape index (κ1) is 12.1. The van der Waals surface area contributed by atoms with Crippen LogP contribution in [0.4, 0.5) is 0 Å². The molecule has 0 heterocycles. The summed E-state index contributed by atoms with van der Waals surface area (Å²) in [5.41, 5.74) is 1.38. The minimum absolute atomic E-state index is 0.0335. The minimum Gasteiger partial charge on any atom is -0.496 e. The Labute approximate surface area is 114 Å². The van der Waals surface area contributed by atoms with Gasteiger partial charge in [-0.25, -0.2) is 0 Å². The summed E-state index contributed by atoms with van der Waals surface area (Å²) in [6.07, 6.45) is 0. The molecule has 0 unspecified atom stereocenters. The molecule has 17 heavy (non-hydrogen) atoms. The fraction of sp³-hybridized carbons (Fsp3) is 0.0714. The third-order valence-electron chi connectivity index (χ3n) is 2.45. The molecule has 0 N–H and O–H groups in total. The molecule has 0 aromatic heterocycles. The van der Waals surface area contributed by atoms with Gasteiger partial charge in [-0.05, 0) is 40.8 Å². The van der Waals surface area contributed by atoms with Crippen molar-refractivity contribution in [1.82, 2.24) is 0 Å². The van der Waals surface area contributed by atoms with Crippen LogP contribution in [0.15, 0.2) is 48.5 Å². The molecule has 3 heteroatoms. The maximum absolute atomic E-state index is 12.2. The molecule has 2 rings (SSSR count). The average Bonchev–Trinajstić information content (AvgIpc) is 2.39. The lowest BCUT2D eigenvalue weighted by Crippen LogP contribution is -2.01. The van der Waals surface area contributed by atoms with E-state index < -0.39 is 0 Å². The highest BCUT2D eigenvalue weighted by Crippen LogP contribution is 2.22. The Hall–Kier alpha value is -1.36. The summed E-state index contributed by atoms with van der Waals surface area (Å²) in [5.74, 6) is 0.821. The second kappa shape index (κ2) is 5.31. The van der Waals surface area contributed by atoms with Crippen LogP contribution in [0.1, 0.15) is 15.9 Å². The molecule has 0 bridgehead atoms. The van der Waals surface area contributed by atoms with E-state index in [9.17, 15) is 4.79 Å². The van der Waals surface area contributed by atoms with Crippen molar-refractivity contribution in [1.29, 1.82) is 0 Å². The van der Waals surface area contributed by atoms with E-state index in [2.05, 4.69) is 22.6 Å². The van der Waals surface area contributed by atoms with E-state index in [1.807, 2.05) is 42.5 Å². The fourth-order valence-electron chi connectivity index (χ4n) is 1.56. The minimum atomic E-state index is 0.0335. The summed E-state index contributed by atoms with van der Waals surface area (Å²) in [6.45, 7) is 0. The zero-order chi connectivity index (χ0) is 12.3. The van der Waals surface area contributed by atoms with Gasteiger partial charge in [-0.1, -0.05) is 30.3 Å². The van der Waals surface area contributed by atoms with Gasteiger partial charge in [0.25, 0.3) is 0 Å². The van der Waals surface area contributed by atoms with E-state index in [1.54, 1.807) is 13.2 Å². The third kappa shape index (κ3) is 2.66. The van der Waals surface area contributed by atoms with Gasteiger partial charge in [0, 0.05) is 11.1 Å². The highest BCUT2D eigenvalue weighted by atomic mass is 127. The molecule has 0 aliphatic heterocycles. The van der Waals surface area contributed by atoms with Crippen molar-refractivity contribution in [2.45, 2.75) is 0 Å². The summed E-state index contributed by atoms with van der Waals surface area (Å²) in [6, 6.07) is 14.7. The van der Waals surface area contributed by atoms with Gasteiger partial charge >= 0.3 is 0 Å². The van der Waals surface area contributed by atoms with Crippen LogP contribution < -0.4 is 4.74 Å². The van der Waals surface area contributed by atoms with Crippen LogP contribution in [0.3, 0.4) is 0 Å². The van der Waals surface area contributed by atoms with E-state index in [0.29, 0.717) is 11.1 Å². The first-order chi connectivity index (χ1) is 8.22. The molecule has 0 saturated heterocycles. The fourth-order valence-corrected chi connectivity index (χ4v) is 2.30. The summed E-state index contributed by atoms with van der Waals surface area (Å²) < 4.78 is 6.10. The predicted molar refractivity (Wildman–Crippen MR) is 75.6 cm³/mol. The van der Waals surface area contributed by atoms with Crippen molar-refractivity contribution in [3.63, 3.8) is 0 Å². The lowest BCUT2D eigenvalue weighted by Gasteiger charge is -2.05.